The summed E-state index contributed by atoms with van der Waals surface area (Å²) in [5, 5.41) is 8.63. The molecule has 0 atom stereocenters. The monoisotopic (exact) mass is 180 g/mol. The summed E-state index contributed by atoms with van der Waals surface area (Å²) in [5.74, 6) is -0.207. The summed E-state index contributed by atoms with van der Waals surface area (Å²) in [4.78, 5) is 0. The fraction of sp³-hybridized carbons (Fsp3) is 0.273. The van der Waals surface area contributed by atoms with E-state index in [9.17, 15) is 4.39 Å². The second-order valence-electron chi connectivity index (χ2n) is 2.99. The number of benzene rings is 1. The van der Waals surface area contributed by atoms with E-state index in [1.54, 1.807) is 18.2 Å². The highest BCUT2D eigenvalue weighted by Crippen LogP contribution is 2.12. The predicted octanol–water partition coefficient (Wildman–Crippen LogP) is 2.31. The van der Waals surface area contributed by atoms with Gasteiger partial charge in [0.1, 0.15) is 5.82 Å². The van der Waals surface area contributed by atoms with Crippen LogP contribution in [-0.2, 0) is 6.42 Å². The molecule has 0 fully saturated rings. The minimum absolute atomic E-state index is 0.0767. The van der Waals surface area contributed by atoms with Crippen molar-refractivity contribution in [2.75, 3.05) is 6.61 Å². The zero-order valence-electron chi connectivity index (χ0n) is 7.46. The van der Waals surface area contributed by atoms with E-state index >= 15 is 0 Å². The van der Waals surface area contributed by atoms with E-state index in [4.69, 9.17) is 5.11 Å². The van der Waals surface area contributed by atoms with Crippen molar-refractivity contribution in [3.05, 3.63) is 47.8 Å². The van der Waals surface area contributed by atoms with Gasteiger partial charge in [0.15, 0.2) is 0 Å². The second kappa shape index (κ2) is 4.77. The van der Waals surface area contributed by atoms with E-state index in [1.807, 2.05) is 0 Å². The van der Waals surface area contributed by atoms with E-state index in [0.29, 0.717) is 18.4 Å². The Morgan fingerprint density at radius 2 is 2.08 bits per heavy atom. The van der Waals surface area contributed by atoms with Crippen LogP contribution in [0.2, 0.25) is 0 Å². The van der Waals surface area contributed by atoms with E-state index in [2.05, 4.69) is 6.58 Å². The molecule has 0 aliphatic heterocycles. The van der Waals surface area contributed by atoms with Gasteiger partial charge >= 0.3 is 0 Å². The van der Waals surface area contributed by atoms with Gasteiger partial charge in [-0.3, -0.25) is 0 Å². The average Bonchev–Trinajstić information content (AvgIpc) is 2.09. The van der Waals surface area contributed by atoms with Crippen molar-refractivity contribution in [2.24, 2.45) is 0 Å². The first kappa shape index (κ1) is 9.93. The second-order valence-corrected chi connectivity index (χ2v) is 2.99. The molecule has 13 heavy (non-hydrogen) atoms. The van der Waals surface area contributed by atoms with E-state index < -0.39 is 0 Å². The largest absolute Gasteiger partial charge is 0.396 e. The first-order chi connectivity index (χ1) is 6.24. The van der Waals surface area contributed by atoms with Crippen molar-refractivity contribution in [3.63, 3.8) is 0 Å². The molecule has 0 heterocycles. The first-order valence-electron chi connectivity index (χ1n) is 4.25. The van der Waals surface area contributed by atoms with Gasteiger partial charge in [-0.1, -0.05) is 30.4 Å². The summed E-state index contributed by atoms with van der Waals surface area (Å²) in [5.41, 5.74) is 1.49. The smallest absolute Gasteiger partial charge is 0.126 e. The molecule has 0 saturated carbocycles. The fourth-order valence-electron chi connectivity index (χ4n) is 1.16. The SMILES string of the molecule is C=C(CCO)Cc1ccccc1F. The molecule has 0 bridgehead atoms. The molecular formula is C11H13FO. The molecule has 0 saturated heterocycles. The van der Waals surface area contributed by atoms with Gasteiger partial charge in [-0.15, -0.1) is 0 Å². The number of halogens is 1. The molecule has 0 unspecified atom stereocenters. The maximum absolute atomic E-state index is 13.1. The standard InChI is InChI=1S/C11H13FO/c1-9(6-7-13)8-10-4-2-3-5-11(10)12/h2-5,13H,1,6-8H2. The van der Waals surface area contributed by atoms with Crippen LogP contribution in [0, 0.1) is 5.82 Å². The Bertz CT molecular complexity index is 294. The third-order valence-corrected chi connectivity index (χ3v) is 1.86. The van der Waals surface area contributed by atoms with Gasteiger partial charge in [-0.05, 0) is 24.5 Å². The van der Waals surface area contributed by atoms with Crippen LogP contribution in [0.3, 0.4) is 0 Å². The Morgan fingerprint density at radius 3 is 2.69 bits per heavy atom. The molecule has 0 spiro atoms. The number of aliphatic hydroxyl groups excluding tert-OH is 1. The van der Waals surface area contributed by atoms with E-state index in [-0.39, 0.29) is 12.4 Å². The Kier molecular flexibility index (Phi) is 3.65. The number of hydrogen-bond acceptors (Lipinski definition) is 1. The Hall–Kier alpha value is -1.15. The van der Waals surface area contributed by atoms with Crippen molar-refractivity contribution in [2.45, 2.75) is 12.8 Å². The van der Waals surface area contributed by atoms with Crippen molar-refractivity contribution < 1.29 is 9.50 Å². The third-order valence-electron chi connectivity index (χ3n) is 1.86. The minimum Gasteiger partial charge on any atom is -0.396 e. The van der Waals surface area contributed by atoms with E-state index in [0.717, 1.165) is 5.57 Å². The predicted molar refractivity (Wildman–Crippen MR) is 50.9 cm³/mol. The molecule has 1 N–H and O–H groups in total. The maximum Gasteiger partial charge on any atom is 0.126 e. The summed E-state index contributed by atoms with van der Waals surface area (Å²) in [6.45, 7) is 3.83. The lowest BCUT2D eigenvalue weighted by Gasteiger charge is -2.04. The summed E-state index contributed by atoms with van der Waals surface area (Å²) in [6.07, 6.45) is 1.04. The van der Waals surface area contributed by atoms with Crippen molar-refractivity contribution in [3.8, 4) is 0 Å². The third kappa shape index (κ3) is 2.99. The van der Waals surface area contributed by atoms with Crippen LogP contribution >= 0.6 is 0 Å². The highest BCUT2D eigenvalue weighted by molar-refractivity contribution is 5.22. The number of hydrogen-bond donors (Lipinski definition) is 1. The highest BCUT2D eigenvalue weighted by atomic mass is 19.1. The Labute approximate surface area is 77.5 Å². The molecule has 2 heteroatoms. The van der Waals surface area contributed by atoms with Crippen LogP contribution in [0.25, 0.3) is 0 Å². The van der Waals surface area contributed by atoms with Crippen LogP contribution in [0.5, 0.6) is 0 Å². The van der Waals surface area contributed by atoms with Gasteiger partial charge in [0.2, 0.25) is 0 Å². The lowest BCUT2D eigenvalue weighted by Crippen LogP contribution is -1.95. The van der Waals surface area contributed by atoms with Gasteiger partial charge in [-0.25, -0.2) is 4.39 Å². The zero-order chi connectivity index (χ0) is 9.68. The molecule has 0 radical (unpaired) electrons. The van der Waals surface area contributed by atoms with Gasteiger partial charge < -0.3 is 5.11 Å². The zero-order valence-corrected chi connectivity index (χ0v) is 7.46. The Morgan fingerprint density at radius 1 is 1.38 bits per heavy atom. The average molecular weight is 180 g/mol. The molecule has 1 aromatic rings. The maximum atomic E-state index is 13.1. The van der Waals surface area contributed by atoms with Crippen molar-refractivity contribution in [1.29, 1.82) is 0 Å². The minimum atomic E-state index is -0.207. The van der Waals surface area contributed by atoms with Crippen molar-refractivity contribution in [1.82, 2.24) is 0 Å². The fourth-order valence-corrected chi connectivity index (χ4v) is 1.16. The molecule has 0 aliphatic carbocycles. The summed E-state index contributed by atoms with van der Waals surface area (Å²) in [7, 11) is 0. The molecule has 1 aromatic carbocycles. The van der Waals surface area contributed by atoms with Crippen LogP contribution < -0.4 is 0 Å². The van der Waals surface area contributed by atoms with Gasteiger partial charge in [-0.2, -0.15) is 0 Å². The van der Waals surface area contributed by atoms with Crippen molar-refractivity contribution >= 4 is 0 Å². The van der Waals surface area contributed by atoms with Gasteiger partial charge in [0.05, 0.1) is 0 Å². The normalized spacial score (nSPS) is 10.0. The van der Waals surface area contributed by atoms with Gasteiger partial charge in [0, 0.05) is 6.61 Å². The first-order valence-corrected chi connectivity index (χ1v) is 4.25. The molecule has 1 rings (SSSR count). The van der Waals surface area contributed by atoms with Crippen LogP contribution in [0.15, 0.2) is 36.4 Å². The lowest BCUT2D eigenvalue weighted by atomic mass is 10.0. The number of aliphatic hydroxyl groups is 1. The van der Waals surface area contributed by atoms with Crippen LogP contribution in [0.4, 0.5) is 4.39 Å². The highest BCUT2D eigenvalue weighted by Gasteiger charge is 2.01. The Balaban J connectivity index is 2.63. The number of rotatable bonds is 4. The molecular weight excluding hydrogens is 167 g/mol. The van der Waals surface area contributed by atoms with E-state index in [1.165, 1.54) is 6.07 Å². The molecule has 0 amide bonds. The lowest BCUT2D eigenvalue weighted by molar-refractivity contribution is 0.298. The van der Waals surface area contributed by atoms with Gasteiger partial charge in [0.25, 0.3) is 0 Å². The summed E-state index contributed by atoms with van der Waals surface area (Å²) < 4.78 is 13.1. The molecule has 0 aromatic heterocycles. The quantitative estimate of drug-likeness (QED) is 0.705. The van der Waals surface area contributed by atoms with Crippen LogP contribution in [-0.4, -0.2) is 11.7 Å². The topological polar surface area (TPSA) is 20.2 Å². The summed E-state index contributed by atoms with van der Waals surface area (Å²) >= 11 is 0. The molecule has 1 nitrogen and oxygen atoms in total. The molecule has 0 aliphatic rings. The molecule has 70 valence electrons. The summed E-state index contributed by atoms with van der Waals surface area (Å²) in [6, 6.07) is 6.62. The van der Waals surface area contributed by atoms with Crippen LogP contribution in [0.1, 0.15) is 12.0 Å².